The quantitative estimate of drug-likeness (QED) is 0.597. The summed E-state index contributed by atoms with van der Waals surface area (Å²) >= 11 is 5.91. The lowest BCUT2D eigenvalue weighted by Crippen LogP contribution is -2.39. The number of hydrogen-bond donors (Lipinski definition) is 0. The van der Waals surface area contributed by atoms with Gasteiger partial charge >= 0.3 is 0 Å². The van der Waals surface area contributed by atoms with Crippen LogP contribution >= 0.6 is 11.6 Å². The monoisotopic (exact) mass is 420 g/mol. The zero-order valence-electron chi connectivity index (χ0n) is 15.6. The molecule has 28 heavy (non-hydrogen) atoms. The summed E-state index contributed by atoms with van der Waals surface area (Å²) in [6, 6.07) is 9.45. The van der Waals surface area contributed by atoms with Gasteiger partial charge in [-0.2, -0.15) is 4.98 Å². The van der Waals surface area contributed by atoms with Gasteiger partial charge in [-0.1, -0.05) is 25.4 Å². The lowest BCUT2D eigenvalue weighted by Gasteiger charge is -2.34. The third kappa shape index (κ3) is 3.56. The predicted molar refractivity (Wildman–Crippen MR) is 106 cm³/mol. The van der Waals surface area contributed by atoms with Gasteiger partial charge in [-0.25, -0.2) is 8.42 Å². The highest BCUT2D eigenvalue weighted by Crippen LogP contribution is 2.37. The smallest absolute Gasteiger partial charge is 0.266 e. The Labute approximate surface area is 169 Å². The minimum Gasteiger partial charge on any atom is -0.459 e. The van der Waals surface area contributed by atoms with Crippen molar-refractivity contribution in [3.05, 3.63) is 47.7 Å². The molecule has 0 unspecified atom stereocenters. The summed E-state index contributed by atoms with van der Waals surface area (Å²) in [5.41, 5.74) is 0. The topological polar surface area (TPSA) is 76.6 Å². The maximum atomic E-state index is 13.3. The molecule has 0 aliphatic carbocycles. The average molecular weight is 421 g/mol. The number of rotatable bonds is 4. The van der Waals surface area contributed by atoms with Crippen molar-refractivity contribution in [1.29, 1.82) is 0 Å². The van der Waals surface area contributed by atoms with E-state index in [1.165, 1.54) is 18.4 Å². The number of hydrogen-bond acceptors (Lipinski definition) is 6. The molecular weight excluding hydrogens is 400 g/mol. The summed E-state index contributed by atoms with van der Waals surface area (Å²) in [5, 5.41) is 0.372. The molecule has 0 amide bonds. The second kappa shape index (κ2) is 7.29. The Kier molecular flexibility index (Phi) is 4.97. The first kappa shape index (κ1) is 19.1. The van der Waals surface area contributed by atoms with Crippen molar-refractivity contribution in [2.75, 3.05) is 18.0 Å². The number of nitrogens with zero attached hydrogens (tertiary/aromatic N) is 2. The Bertz CT molecular complexity index is 1050. The zero-order valence-corrected chi connectivity index (χ0v) is 17.2. The van der Waals surface area contributed by atoms with E-state index in [9.17, 15) is 8.42 Å². The van der Waals surface area contributed by atoms with E-state index >= 15 is 0 Å². The lowest BCUT2D eigenvalue weighted by molar-refractivity contribution is 0.342. The minimum atomic E-state index is -3.89. The fraction of sp³-hybridized carbons (Fsp3) is 0.350. The van der Waals surface area contributed by atoms with Gasteiger partial charge in [0.15, 0.2) is 5.76 Å². The SMILES string of the molecule is C[C@@H]1C[C@H](C)CN(c2oc(-c3ccco3)nc2S(=O)(=O)c2ccc(Cl)cc2)C1. The van der Waals surface area contributed by atoms with Crippen molar-refractivity contribution >= 4 is 27.3 Å². The van der Waals surface area contributed by atoms with E-state index in [2.05, 4.69) is 18.8 Å². The van der Waals surface area contributed by atoms with E-state index in [4.69, 9.17) is 20.4 Å². The largest absolute Gasteiger partial charge is 0.459 e. The van der Waals surface area contributed by atoms with Crippen LogP contribution in [-0.4, -0.2) is 26.5 Å². The van der Waals surface area contributed by atoms with Gasteiger partial charge in [-0.3, -0.25) is 0 Å². The summed E-state index contributed by atoms with van der Waals surface area (Å²) in [4.78, 5) is 6.42. The number of halogens is 1. The standard InChI is InChI=1S/C20H21ClN2O4S/c1-13-10-14(2)12-23(11-13)20-19(22-18(27-20)17-4-3-9-26-17)28(24,25)16-7-5-15(21)6-8-16/h3-9,13-14H,10-12H2,1-2H3/t13-,14+. The van der Waals surface area contributed by atoms with Gasteiger partial charge < -0.3 is 13.7 Å². The molecule has 0 saturated carbocycles. The lowest BCUT2D eigenvalue weighted by atomic mass is 9.92. The second-order valence-corrected chi connectivity index (χ2v) is 9.72. The molecular formula is C20H21ClN2O4S. The van der Waals surface area contributed by atoms with Crippen LogP contribution in [0.4, 0.5) is 5.88 Å². The van der Waals surface area contributed by atoms with Crippen LogP contribution in [0.3, 0.4) is 0 Å². The number of benzene rings is 1. The Hall–Kier alpha value is -2.25. The Morgan fingerprint density at radius 3 is 2.39 bits per heavy atom. The summed E-state index contributed by atoms with van der Waals surface area (Å²) in [7, 11) is -3.89. The highest BCUT2D eigenvalue weighted by atomic mass is 35.5. The molecule has 3 aromatic rings. The fourth-order valence-corrected chi connectivity index (χ4v) is 5.18. The van der Waals surface area contributed by atoms with Gasteiger partial charge in [-0.15, -0.1) is 0 Å². The fourth-order valence-electron chi connectivity index (χ4n) is 3.73. The molecule has 0 radical (unpaired) electrons. The molecule has 8 heteroatoms. The number of anilines is 1. The number of piperidine rings is 1. The van der Waals surface area contributed by atoms with Gasteiger partial charge in [0, 0.05) is 18.1 Å². The highest BCUT2D eigenvalue weighted by Gasteiger charge is 2.34. The molecule has 0 spiro atoms. The van der Waals surface area contributed by atoms with E-state index in [0.29, 0.717) is 35.7 Å². The second-order valence-electron chi connectivity index (χ2n) is 7.42. The van der Waals surface area contributed by atoms with E-state index in [0.717, 1.165) is 6.42 Å². The average Bonchev–Trinajstić information content (AvgIpc) is 3.31. The molecule has 1 aliphatic heterocycles. The minimum absolute atomic E-state index is 0.0949. The normalized spacial score (nSPS) is 20.5. The Morgan fingerprint density at radius 2 is 1.79 bits per heavy atom. The van der Waals surface area contributed by atoms with Crippen molar-refractivity contribution in [2.24, 2.45) is 11.8 Å². The Balaban J connectivity index is 1.84. The van der Waals surface area contributed by atoms with Gasteiger partial charge in [0.05, 0.1) is 11.2 Å². The molecule has 0 bridgehead atoms. The van der Waals surface area contributed by atoms with Crippen LogP contribution in [0.15, 0.2) is 61.4 Å². The maximum Gasteiger partial charge on any atom is 0.266 e. The number of oxazole rings is 1. The van der Waals surface area contributed by atoms with Crippen molar-refractivity contribution in [3.8, 4) is 11.7 Å². The summed E-state index contributed by atoms with van der Waals surface area (Å²) in [6.07, 6.45) is 2.59. The van der Waals surface area contributed by atoms with Gasteiger partial charge in [0.25, 0.3) is 5.89 Å². The van der Waals surface area contributed by atoms with Crippen LogP contribution in [0.2, 0.25) is 5.02 Å². The number of furan rings is 1. The molecule has 1 aliphatic rings. The van der Waals surface area contributed by atoms with Crippen LogP contribution in [0.25, 0.3) is 11.7 Å². The van der Waals surface area contributed by atoms with Gasteiger partial charge in [0.1, 0.15) is 0 Å². The van der Waals surface area contributed by atoms with E-state index in [-0.39, 0.29) is 21.7 Å². The summed E-state index contributed by atoms with van der Waals surface area (Å²) in [5.74, 6) is 1.65. The predicted octanol–water partition coefficient (Wildman–Crippen LogP) is 4.90. The summed E-state index contributed by atoms with van der Waals surface area (Å²) < 4.78 is 38.0. The molecule has 6 nitrogen and oxygen atoms in total. The first-order chi connectivity index (χ1) is 13.3. The van der Waals surface area contributed by atoms with Crippen LogP contribution in [0, 0.1) is 11.8 Å². The third-order valence-corrected chi connectivity index (χ3v) is 6.77. The van der Waals surface area contributed by atoms with Crippen LogP contribution in [0.1, 0.15) is 20.3 Å². The van der Waals surface area contributed by atoms with E-state index in [1.54, 1.807) is 24.3 Å². The molecule has 2 atom stereocenters. The van der Waals surface area contributed by atoms with Crippen molar-refractivity contribution in [3.63, 3.8) is 0 Å². The molecule has 0 N–H and O–H groups in total. The molecule has 148 valence electrons. The van der Waals surface area contributed by atoms with Crippen LogP contribution < -0.4 is 4.90 Å². The summed E-state index contributed by atoms with van der Waals surface area (Å²) in [6.45, 7) is 5.72. The van der Waals surface area contributed by atoms with E-state index < -0.39 is 9.84 Å². The maximum absolute atomic E-state index is 13.3. The first-order valence-corrected chi connectivity index (χ1v) is 11.0. The van der Waals surface area contributed by atoms with Crippen LogP contribution in [-0.2, 0) is 9.84 Å². The van der Waals surface area contributed by atoms with Crippen LogP contribution in [0.5, 0.6) is 0 Å². The molecule has 1 aromatic carbocycles. The number of aromatic nitrogens is 1. The third-order valence-electron chi connectivity index (χ3n) is 4.85. The number of sulfone groups is 1. The molecule has 1 fully saturated rings. The Morgan fingerprint density at radius 1 is 1.11 bits per heavy atom. The van der Waals surface area contributed by atoms with Crippen molar-refractivity contribution in [2.45, 2.75) is 30.2 Å². The molecule has 4 rings (SSSR count). The van der Waals surface area contributed by atoms with Crippen molar-refractivity contribution < 1.29 is 17.3 Å². The van der Waals surface area contributed by atoms with Gasteiger partial charge in [-0.05, 0) is 54.7 Å². The van der Waals surface area contributed by atoms with E-state index in [1.807, 2.05) is 4.90 Å². The molecule has 3 heterocycles. The van der Waals surface area contributed by atoms with Crippen molar-refractivity contribution in [1.82, 2.24) is 4.98 Å². The molecule has 1 saturated heterocycles. The molecule has 2 aromatic heterocycles. The highest BCUT2D eigenvalue weighted by molar-refractivity contribution is 7.91. The first-order valence-electron chi connectivity index (χ1n) is 9.15. The zero-order chi connectivity index (χ0) is 19.9. The van der Waals surface area contributed by atoms with Gasteiger partial charge in [0.2, 0.25) is 20.7 Å².